The van der Waals surface area contributed by atoms with Crippen molar-refractivity contribution in [2.45, 2.75) is 32.6 Å². The van der Waals surface area contributed by atoms with Crippen molar-refractivity contribution in [1.82, 2.24) is 20.0 Å². The highest BCUT2D eigenvalue weighted by atomic mass is 19.1. The van der Waals surface area contributed by atoms with Crippen LogP contribution in [0.2, 0.25) is 0 Å². The van der Waals surface area contributed by atoms with Crippen LogP contribution in [-0.4, -0.2) is 59.7 Å². The Bertz CT molecular complexity index is 858. The Morgan fingerprint density at radius 2 is 2.00 bits per heavy atom. The SMILES string of the molecule is CCCC(C(=O)NC=O)c1nn(C)c2cc(N3CCN(CC)CC3)c(F)cc12. The second-order valence-electron chi connectivity index (χ2n) is 7.22. The van der Waals surface area contributed by atoms with Crippen molar-refractivity contribution in [2.24, 2.45) is 7.05 Å². The number of amides is 2. The Hall–Kier alpha value is -2.48. The monoisotopic (exact) mass is 389 g/mol. The van der Waals surface area contributed by atoms with Gasteiger partial charge in [-0.05, 0) is 25.1 Å². The number of imide groups is 1. The second-order valence-corrected chi connectivity index (χ2v) is 7.22. The molecule has 1 aromatic carbocycles. The fourth-order valence-electron chi connectivity index (χ4n) is 3.94. The Kier molecular flexibility index (Phi) is 6.28. The highest BCUT2D eigenvalue weighted by Gasteiger charge is 2.27. The quantitative estimate of drug-likeness (QED) is 0.734. The lowest BCUT2D eigenvalue weighted by molar-refractivity contribution is -0.126. The third-order valence-corrected chi connectivity index (χ3v) is 5.53. The third-order valence-electron chi connectivity index (χ3n) is 5.53. The van der Waals surface area contributed by atoms with Gasteiger partial charge in [0, 0.05) is 38.6 Å². The molecule has 7 nitrogen and oxygen atoms in total. The van der Waals surface area contributed by atoms with Gasteiger partial charge in [-0.3, -0.25) is 19.6 Å². The van der Waals surface area contributed by atoms with Crippen LogP contribution in [0, 0.1) is 5.82 Å². The van der Waals surface area contributed by atoms with Gasteiger partial charge in [-0.2, -0.15) is 5.10 Å². The average molecular weight is 389 g/mol. The third kappa shape index (κ3) is 3.87. The molecule has 0 saturated carbocycles. The van der Waals surface area contributed by atoms with E-state index in [9.17, 15) is 9.59 Å². The molecule has 0 spiro atoms. The number of hydrogen-bond acceptors (Lipinski definition) is 5. The molecule has 1 aliphatic heterocycles. The van der Waals surface area contributed by atoms with E-state index in [1.165, 1.54) is 6.07 Å². The summed E-state index contributed by atoms with van der Waals surface area (Å²) in [6, 6.07) is 3.31. The molecule has 2 heterocycles. The van der Waals surface area contributed by atoms with Gasteiger partial charge in [-0.1, -0.05) is 20.3 Å². The van der Waals surface area contributed by atoms with Gasteiger partial charge in [0.15, 0.2) is 0 Å². The number of aryl methyl sites for hydroxylation is 1. The molecule has 0 radical (unpaired) electrons. The molecule has 1 N–H and O–H groups in total. The van der Waals surface area contributed by atoms with E-state index in [0.717, 1.165) is 44.7 Å². The topological polar surface area (TPSA) is 70.5 Å². The molecule has 2 amide bonds. The van der Waals surface area contributed by atoms with Crippen LogP contribution in [0.4, 0.5) is 10.1 Å². The van der Waals surface area contributed by atoms with E-state index >= 15 is 4.39 Å². The number of rotatable bonds is 7. The van der Waals surface area contributed by atoms with Gasteiger partial charge in [-0.15, -0.1) is 0 Å². The molecule has 2 aromatic rings. The molecule has 28 heavy (non-hydrogen) atoms. The van der Waals surface area contributed by atoms with Crippen molar-refractivity contribution in [1.29, 1.82) is 0 Å². The second kappa shape index (κ2) is 8.68. The molecule has 0 aliphatic carbocycles. The van der Waals surface area contributed by atoms with Gasteiger partial charge in [0.05, 0.1) is 22.8 Å². The lowest BCUT2D eigenvalue weighted by atomic mass is 9.96. The lowest BCUT2D eigenvalue weighted by Gasteiger charge is -2.35. The molecule has 152 valence electrons. The molecule has 1 fully saturated rings. The maximum atomic E-state index is 15.0. The van der Waals surface area contributed by atoms with E-state index in [1.54, 1.807) is 11.7 Å². The van der Waals surface area contributed by atoms with E-state index in [0.29, 0.717) is 29.6 Å². The molecule has 8 heteroatoms. The molecule has 1 unspecified atom stereocenters. The normalized spacial score (nSPS) is 16.4. The van der Waals surface area contributed by atoms with Crippen LogP contribution < -0.4 is 10.2 Å². The predicted octanol–water partition coefficient (Wildman–Crippen LogP) is 2.01. The summed E-state index contributed by atoms with van der Waals surface area (Å²) in [5, 5.41) is 7.35. The zero-order valence-electron chi connectivity index (χ0n) is 16.7. The van der Waals surface area contributed by atoms with Crippen molar-refractivity contribution < 1.29 is 14.0 Å². The maximum absolute atomic E-state index is 15.0. The minimum absolute atomic E-state index is 0.308. The molecule has 1 aliphatic rings. The van der Waals surface area contributed by atoms with E-state index in [2.05, 4.69) is 27.1 Å². The summed E-state index contributed by atoms with van der Waals surface area (Å²) in [5.74, 6) is -1.30. The summed E-state index contributed by atoms with van der Waals surface area (Å²) in [6.45, 7) is 8.47. The molecule has 1 aromatic heterocycles. The van der Waals surface area contributed by atoms with E-state index in [-0.39, 0.29) is 5.82 Å². The molecular weight excluding hydrogens is 361 g/mol. The van der Waals surface area contributed by atoms with Crippen molar-refractivity contribution >= 4 is 28.9 Å². The Morgan fingerprint density at radius 1 is 1.29 bits per heavy atom. The molecular formula is C20H28FN5O2. The van der Waals surface area contributed by atoms with E-state index < -0.39 is 11.8 Å². The summed E-state index contributed by atoms with van der Waals surface area (Å²) in [7, 11) is 1.79. The van der Waals surface area contributed by atoms with Gasteiger partial charge >= 0.3 is 0 Å². The van der Waals surface area contributed by atoms with Gasteiger partial charge in [0.1, 0.15) is 5.82 Å². The number of carbonyl (C=O) groups excluding carboxylic acids is 2. The van der Waals surface area contributed by atoms with Gasteiger partial charge in [0.2, 0.25) is 12.3 Å². The number of nitrogens with zero attached hydrogens (tertiary/aromatic N) is 4. The first-order chi connectivity index (χ1) is 13.5. The van der Waals surface area contributed by atoms with Crippen molar-refractivity contribution in [2.75, 3.05) is 37.6 Å². The highest BCUT2D eigenvalue weighted by Crippen LogP contribution is 2.33. The van der Waals surface area contributed by atoms with Crippen LogP contribution in [0.15, 0.2) is 12.1 Å². The van der Waals surface area contributed by atoms with Gasteiger partial charge in [0.25, 0.3) is 0 Å². The van der Waals surface area contributed by atoms with Crippen molar-refractivity contribution in [3.8, 4) is 0 Å². The van der Waals surface area contributed by atoms with E-state index in [1.807, 2.05) is 13.0 Å². The van der Waals surface area contributed by atoms with Crippen LogP contribution in [0.3, 0.4) is 0 Å². The number of benzene rings is 1. The molecule has 1 atom stereocenters. The van der Waals surface area contributed by atoms with Gasteiger partial charge in [-0.25, -0.2) is 4.39 Å². The lowest BCUT2D eigenvalue weighted by Crippen LogP contribution is -2.46. The van der Waals surface area contributed by atoms with Crippen LogP contribution in [0.5, 0.6) is 0 Å². The molecule has 3 rings (SSSR count). The summed E-state index contributed by atoms with van der Waals surface area (Å²) in [4.78, 5) is 27.5. The summed E-state index contributed by atoms with van der Waals surface area (Å²) in [6.07, 6.45) is 1.66. The largest absolute Gasteiger partial charge is 0.367 e. The fourth-order valence-corrected chi connectivity index (χ4v) is 3.94. The smallest absolute Gasteiger partial charge is 0.235 e. The summed E-state index contributed by atoms with van der Waals surface area (Å²) in [5.41, 5.74) is 1.87. The summed E-state index contributed by atoms with van der Waals surface area (Å²) < 4.78 is 16.7. The van der Waals surface area contributed by atoms with Crippen LogP contribution >= 0.6 is 0 Å². The first-order valence-electron chi connectivity index (χ1n) is 9.87. The summed E-state index contributed by atoms with van der Waals surface area (Å²) >= 11 is 0. The number of anilines is 1. The number of likely N-dealkylation sites (N-methyl/N-ethyl adjacent to an activating group) is 1. The Morgan fingerprint density at radius 3 is 2.61 bits per heavy atom. The fraction of sp³-hybridized carbons (Fsp3) is 0.550. The zero-order chi connectivity index (χ0) is 20.3. The Labute approximate surface area is 164 Å². The number of fused-ring (bicyclic) bond motifs is 1. The predicted molar refractivity (Wildman–Crippen MR) is 107 cm³/mol. The minimum Gasteiger partial charge on any atom is -0.367 e. The first-order valence-corrected chi connectivity index (χ1v) is 9.87. The highest BCUT2D eigenvalue weighted by molar-refractivity contribution is 5.95. The molecule has 0 bridgehead atoms. The first kappa shape index (κ1) is 20.3. The average Bonchev–Trinajstić information content (AvgIpc) is 3.01. The van der Waals surface area contributed by atoms with Crippen molar-refractivity contribution in [3.05, 3.63) is 23.6 Å². The number of piperazine rings is 1. The van der Waals surface area contributed by atoms with Crippen molar-refractivity contribution in [3.63, 3.8) is 0 Å². The Balaban J connectivity index is 1.99. The standard InChI is InChI=1S/C20H28FN5O2/c1-4-6-14(20(28)22-13-27)19-15-11-16(21)18(12-17(15)24(3)23-19)26-9-7-25(5-2)8-10-26/h11-14H,4-10H2,1-3H3,(H,22,27,28). The van der Waals surface area contributed by atoms with Gasteiger partial charge < -0.3 is 9.80 Å². The maximum Gasteiger partial charge on any atom is 0.235 e. The van der Waals surface area contributed by atoms with Crippen LogP contribution in [0.25, 0.3) is 10.9 Å². The van der Waals surface area contributed by atoms with Crippen LogP contribution in [0.1, 0.15) is 38.3 Å². The zero-order valence-corrected chi connectivity index (χ0v) is 16.7. The van der Waals surface area contributed by atoms with Crippen LogP contribution in [-0.2, 0) is 16.6 Å². The molecule has 1 saturated heterocycles. The number of nitrogens with one attached hydrogen (secondary N) is 1. The number of aromatic nitrogens is 2. The number of carbonyl (C=O) groups is 2. The number of hydrogen-bond donors (Lipinski definition) is 1. The minimum atomic E-state index is -0.586. The number of halogens is 1. The van der Waals surface area contributed by atoms with E-state index in [4.69, 9.17) is 0 Å².